The molecule has 0 atom stereocenters. The van der Waals surface area contributed by atoms with E-state index in [1.165, 1.54) is 25.6 Å². The van der Waals surface area contributed by atoms with Gasteiger partial charge in [-0.2, -0.15) is 0 Å². The highest BCUT2D eigenvalue weighted by Gasteiger charge is 2.11. The van der Waals surface area contributed by atoms with Crippen molar-refractivity contribution in [3.63, 3.8) is 0 Å². The van der Waals surface area contributed by atoms with Crippen LogP contribution in [0.3, 0.4) is 0 Å². The van der Waals surface area contributed by atoms with Gasteiger partial charge in [0.25, 0.3) is 0 Å². The van der Waals surface area contributed by atoms with E-state index in [-0.39, 0.29) is 0 Å². The molecule has 1 N–H and O–H groups in total. The molecule has 0 spiro atoms. The monoisotopic (exact) mass is 267 g/mol. The SMILES string of the molecule is COc1ncnc(OC)c1CNCCCCC(C)C. The van der Waals surface area contributed by atoms with Crippen LogP contribution < -0.4 is 14.8 Å². The van der Waals surface area contributed by atoms with Crippen molar-refractivity contribution in [2.45, 2.75) is 39.7 Å². The lowest BCUT2D eigenvalue weighted by Gasteiger charge is -2.11. The summed E-state index contributed by atoms with van der Waals surface area (Å²) in [7, 11) is 3.21. The molecular weight excluding hydrogens is 242 g/mol. The van der Waals surface area contributed by atoms with Gasteiger partial charge in [0.1, 0.15) is 6.33 Å². The Morgan fingerprint density at radius 1 is 1.11 bits per heavy atom. The predicted molar refractivity (Wildman–Crippen MR) is 75.5 cm³/mol. The molecule has 0 aliphatic rings. The lowest BCUT2D eigenvalue weighted by molar-refractivity contribution is 0.359. The third kappa shape index (κ3) is 5.42. The summed E-state index contributed by atoms with van der Waals surface area (Å²) in [6, 6.07) is 0. The average Bonchev–Trinajstić information content (AvgIpc) is 2.42. The Morgan fingerprint density at radius 3 is 2.26 bits per heavy atom. The summed E-state index contributed by atoms with van der Waals surface area (Å²) in [5.41, 5.74) is 0.872. The van der Waals surface area contributed by atoms with Crippen molar-refractivity contribution in [2.75, 3.05) is 20.8 Å². The van der Waals surface area contributed by atoms with Gasteiger partial charge in [-0.15, -0.1) is 0 Å². The highest BCUT2D eigenvalue weighted by molar-refractivity contribution is 5.34. The second-order valence-corrected chi connectivity index (χ2v) is 4.94. The largest absolute Gasteiger partial charge is 0.481 e. The first-order valence-electron chi connectivity index (χ1n) is 6.81. The molecule has 1 aromatic rings. The van der Waals surface area contributed by atoms with Crippen molar-refractivity contribution in [2.24, 2.45) is 5.92 Å². The fourth-order valence-electron chi connectivity index (χ4n) is 1.90. The summed E-state index contributed by atoms with van der Waals surface area (Å²) in [6.07, 6.45) is 5.16. The molecular formula is C14H25N3O2. The summed E-state index contributed by atoms with van der Waals surface area (Å²) < 4.78 is 10.5. The van der Waals surface area contributed by atoms with E-state index in [2.05, 4.69) is 29.1 Å². The zero-order valence-electron chi connectivity index (χ0n) is 12.4. The van der Waals surface area contributed by atoms with Crippen LogP contribution in [0.15, 0.2) is 6.33 Å². The number of rotatable bonds is 9. The zero-order valence-corrected chi connectivity index (χ0v) is 12.4. The van der Waals surface area contributed by atoms with Crippen LogP contribution in [0.5, 0.6) is 11.8 Å². The third-order valence-electron chi connectivity index (χ3n) is 2.94. The molecule has 0 amide bonds. The van der Waals surface area contributed by atoms with Gasteiger partial charge in [-0.05, 0) is 18.9 Å². The summed E-state index contributed by atoms with van der Waals surface area (Å²) >= 11 is 0. The lowest BCUT2D eigenvalue weighted by atomic mass is 10.1. The molecule has 0 radical (unpaired) electrons. The minimum absolute atomic E-state index is 0.571. The quantitative estimate of drug-likeness (QED) is 0.696. The summed E-state index contributed by atoms with van der Waals surface area (Å²) in [4.78, 5) is 8.18. The molecule has 0 saturated heterocycles. The molecule has 1 heterocycles. The predicted octanol–water partition coefficient (Wildman–Crippen LogP) is 2.41. The summed E-state index contributed by atoms with van der Waals surface area (Å²) in [5, 5.41) is 3.38. The Labute approximate surface area is 115 Å². The first-order chi connectivity index (χ1) is 9.19. The minimum Gasteiger partial charge on any atom is -0.481 e. The van der Waals surface area contributed by atoms with E-state index in [1.54, 1.807) is 14.2 Å². The summed E-state index contributed by atoms with van der Waals surface area (Å²) in [6.45, 7) is 6.15. The Bertz CT molecular complexity index is 347. The van der Waals surface area contributed by atoms with Crippen LogP contribution in [0.1, 0.15) is 38.7 Å². The smallest absolute Gasteiger partial charge is 0.224 e. The molecule has 0 aliphatic heterocycles. The van der Waals surface area contributed by atoms with Crippen LogP contribution in [0, 0.1) is 5.92 Å². The van der Waals surface area contributed by atoms with Crippen LogP contribution >= 0.6 is 0 Å². The lowest BCUT2D eigenvalue weighted by Crippen LogP contribution is -2.17. The molecule has 0 unspecified atom stereocenters. The number of aromatic nitrogens is 2. The second-order valence-electron chi connectivity index (χ2n) is 4.94. The topological polar surface area (TPSA) is 56.3 Å². The highest BCUT2D eigenvalue weighted by atomic mass is 16.5. The maximum absolute atomic E-state index is 5.23. The van der Waals surface area contributed by atoms with Gasteiger partial charge in [-0.25, -0.2) is 9.97 Å². The fourth-order valence-corrected chi connectivity index (χ4v) is 1.90. The van der Waals surface area contributed by atoms with Crippen molar-refractivity contribution in [1.82, 2.24) is 15.3 Å². The van der Waals surface area contributed by atoms with E-state index in [1.807, 2.05) is 0 Å². The zero-order chi connectivity index (χ0) is 14.1. The average molecular weight is 267 g/mol. The Morgan fingerprint density at radius 2 is 1.74 bits per heavy atom. The van der Waals surface area contributed by atoms with E-state index in [0.29, 0.717) is 18.3 Å². The molecule has 5 nitrogen and oxygen atoms in total. The first-order valence-corrected chi connectivity index (χ1v) is 6.81. The maximum atomic E-state index is 5.23. The molecule has 1 aromatic heterocycles. The van der Waals surface area contributed by atoms with Gasteiger partial charge >= 0.3 is 0 Å². The van der Waals surface area contributed by atoms with E-state index >= 15 is 0 Å². The number of nitrogens with one attached hydrogen (secondary N) is 1. The number of ether oxygens (including phenoxy) is 2. The molecule has 0 aromatic carbocycles. The number of hydrogen-bond acceptors (Lipinski definition) is 5. The second kappa shape index (κ2) is 8.69. The van der Waals surface area contributed by atoms with E-state index < -0.39 is 0 Å². The van der Waals surface area contributed by atoms with E-state index in [9.17, 15) is 0 Å². The molecule has 0 bridgehead atoms. The molecule has 108 valence electrons. The number of hydrogen-bond donors (Lipinski definition) is 1. The van der Waals surface area contributed by atoms with Gasteiger partial charge in [-0.3, -0.25) is 0 Å². The number of nitrogens with zero attached hydrogens (tertiary/aromatic N) is 2. The molecule has 5 heteroatoms. The Hall–Kier alpha value is -1.36. The van der Waals surface area contributed by atoms with Crippen molar-refractivity contribution >= 4 is 0 Å². The van der Waals surface area contributed by atoms with Gasteiger partial charge in [0.05, 0.1) is 19.8 Å². The molecule has 0 aliphatic carbocycles. The minimum atomic E-state index is 0.571. The van der Waals surface area contributed by atoms with Crippen LogP contribution in [0.2, 0.25) is 0 Å². The number of unbranched alkanes of at least 4 members (excludes halogenated alkanes) is 1. The van der Waals surface area contributed by atoms with Crippen LogP contribution in [-0.2, 0) is 6.54 Å². The van der Waals surface area contributed by atoms with Crippen LogP contribution in [0.4, 0.5) is 0 Å². The Kier molecular flexibility index (Phi) is 7.18. The summed E-state index contributed by atoms with van der Waals surface area (Å²) in [5.74, 6) is 1.92. The van der Waals surface area contributed by atoms with E-state index in [0.717, 1.165) is 18.0 Å². The maximum Gasteiger partial charge on any atom is 0.224 e. The molecule has 1 rings (SSSR count). The van der Waals surface area contributed by atoms with Gasteiger partial charge in [0, 0.05) is 6.54 Å². The fraction of sp³-hybridized carbons (Fsp3) is 0.714. The third-order valence-corrected chi connectivity index (χ3v) is 2.94. The van der Waals surface area contributed by atoms with Gasteiger partial charge in [-0.1, -0.05) is 26.7 Å². The van der Waals surface area contributed by atoms with Gasteiger partial charge < -0.3 is 14.8 Å². The van der Waals surface area contributed by atoms with E-state index in [4.69, 9.17) is 9.47 Å². The van der Waals surface area contributed by atoms with Crippen LogP contribution in [0.25, 0.3) is 0 Å². The standard InChI is InChI=1S/C14H25N3O2/c1-11(2)7-5-6-8-15-9-12-13(18-3)16-10-17-14(12)19-4/h10-11,15H,5-9H2,1-4H3. The normalized spacial score (nSPS) is 10.8. The van der Waals surface area contributed by atoms with Crippen molar-refractivity contribution in [3.8, 4) is 11.8 Å². The molecule has 19 heavy (non-hydrogen) atoms. The van der Waals surface area contributed by atoms with Crippen molar-refractivity contribution in [1.29, 1.82) is 0 Å². The van der Waals surface area contributed by atoms with Gasteiger partial charge in [0.15, 0.2) is 0 Å². The Balaban J connectivity index is 2.40. The molecule has 0 fully saturated rings. The first kappa shape index (κ1) is 15.7. The molecule has 0 saturated carbocycles. The highest BCUT2D eigenvalue weighted by Crippen LogP contribution is 2.22. The van der Waals surface area contributed by atoms with Crippen LogP contribution in [-0.4, -0.2) is 30.7 Å². The van der Waals surface area contributed by atoms with Crippen molar-refractivity contribution < 1.29 is 9.47 Å². The van der Waals surface area contributed by atoms with Gasteiger partial charge in [0.2, 0.25) is 11.8 Å². The van der Waals surface area contributed by atoms with Crippen molar-refractivity contribution in [3.05, 3.63) is 11.9 Å². The number of methoxy groups -OCH3 is 2.